The molecule has 0 atom stereocenters. The lowest BCUT2D eigenvalue weighted by molar-refractivity contribution is -0.137. The molecule has 0 aromatic rings. The highest BCUT2D eigenvalue weighted by atomic mass is 16.5. The summed E-state index contributed by atoms with van der Waals surface area (Å²) < 4.78 is 5.08. The molecule has 1 heterocycles. The highest BCUT2D eigenvalue weighted by molar-refractivity contribution is 5.82. The van der Waals surface area contributed by atoms with Gasteiger partial charge in [-0.3, -0.25) is 0 Å². The Balaban J connectivity index is 3.04. The van der Waals surface area contributed by atoms with E-state index in [1.807, 2.05) is 6.92 Å². The summed E-state index contributed by atoms with van der Waals surface area (Å²) in [7, 11) is 0. The van der Waals surface area contributed by atoms with Gasteiger partial charge in [0.2, 0.25) is 0 Å². The molecule has 3 nitrogen and oxygen atoms in total. The first-order chi connectivity index (χ1) is 9.48. The van der Waals surface area contributed by atoms with Crippen LogP contribution < -0.4 is 5.32 Å². The van der Waals surface area contributed by atoms with Crippen LogP contribution in [0.15, 0.2) is 11.6 Å². The first kappa shape index (κ1) is 17.2. The molecular weight excluding hydrogens is 250 g/mol. The molecule has 0 saturated carbocycles. The van der Waals surface area contributed by atoms with Gasteiger partial charge in [-0.1, -0.05) is 33.3 Å². The third-order valence-electron chi connectivity index (χ3n) is 4.98. The van der Waals surface area contributed by atoms with E-state index < -0.39 is 0 Å². The lowest BCUT2D eigenvalue weighted by atomic mass is 9.71. The third-order valence-corrected chi connectivity index (χ3v) is 4.98. The van der Waals surface area contributed by atoms with E-state index >= 15 is 0 Å². The van der Waals surface area contributed by atoms with Crippen LogP contribution in [0.1, 0.15) is 73.1 Å². The van der Waals surface area contributed by atoms with Crippen LogP contribution in [0.25, 0.3) is 0 Å². The van der Waals surface area contributed by atoms with Gasteiger partial charge in [0.05, 0.1) is 6.61 Å². The third kappa shape index (κ3) is 3.85. The average Bonchev–Trinajstić information content (AvgIpc) is 2.46. The highest BCUT2D eigenvalue weighted by Gasteiger charge is 2.42. The second-order valence-electron chi connectivity index (χ2n) is 6.01. The topological polar surface area (TPSA) is 38.3 Å². The van der Waals surface area contributed by atoms with E-state index in [-0.39, 0.29) is 17.0 Å². The molecule has 116 valence electrons. The molecule has 1 rings (SSSR count). The van der Waals surface area contributed by atoms with Crippen LogP contribution in [-0.4, -0.2) is 23.7 Å². The monoisotopic (exact) mass is 281 g/mol. The predicted molar refractivity (Wildman–Crippen MR) is 83.7 cm³/mol. The van der Waals surface area contributed by atoms with Crippen LogP contribution in [0.5, 0.6) is 0 Å². The van der Waals surface area contributed by atoms with Gasteiger partial charge in [-0.25, -0.2) is 4.79 Å². The zero-order valence-corrected chi connectivity index (χ0v) is 13.8. The van der Waals surface area contributed by atoms with Gasteiger partial charge >= 0.3 is 5.97 Å². The minimum Gasteiger partial charge on any atom is -0.463 e. The van der Waals surface area contributed by atoms with Crippen LogP contribution in [-0.2, 0) is 9.53 Å². The van der Waals surface area contributed by atoms with Gasteiger partial charge in [0.1, 0.15) is 0 Å². The molecule has 20 heavy (non-hydrogen) atoms. The quantitative estimate of drug-likeness (QED) is 0.591. The number of hydrogen-bond donors (Lipinski definition) is 1. The molecule has 0 radical (unpaired) electrons. The SMILES string of the molecule is CCOC(=O)C=C1CC(CC)(CC)NC(CC)(CC)C1. The molecule has 1 aliphatic rings. The summed E-state index contributed by atoms with van der Waals surface area (Å²) in [5.74, 6) is -0.188. The summed E-state index contributed by atoms with van der Waals surface area (Å²) in [5, 5.41) is 3.92. The lowest BCUT2D eigenvalue weighted by Crippen LogP contribution is -2.61. The number of nitrogens with one attached hydrogen (secondary N) is 1. The van der Waals surface area contributed by atoms with Crippen molar-refractivity contribution in [3.63, 3.8) is 0 Å². The summed E-state index contributed by atoms with van der Waals surface area (Å²) in [6.07, 6.45) is 8.01. The molecular formula is C17H31NO2. The zero-order chi connectivity index (χ0) is 15.2. The molecule has 3 heteroatoms. The van der Waals surface area contributed by atoms with Crippen molar-refractivity contribution in [1.29, 1.82) is 0 Å². The Kier molecular flexibility index (Phi) is 6.25. The number of esters is 1. The van der Waals surface area contributed by atoms with Crippen LogP contribution in [0.2, 0.25) is 0 Å². The summed E-state index contributed by atoms with van der Waals surface area (Å²) in [4.78, 5) is 11.8. The summed E-state index contributed by atoms with van der Waals surface area (Å²) >= 11 is 0. The minimum absolute atomic E-state index is 0.128. The zero-order valence-electron chi connectivity index (χ0n) is 13.8. The summed E-state index contributed by atoms with van der Waals surface area (Å²) in [5.41, 5.74) is 1.50. The second-order valence-corrected chi connectivity index (χ2v) is 6.01. The second kappa shape index (κ2) is 7.26. The van der Waals surface area contributed by atoms with Crippen molar-refractivity contribution in [3.8, 4) is 0 Å². The Bertz CT molecular complexity index is 330. The van der Waals surface area contributed by atoms with E-state index in [1.165, 1.54) is 5.57 Å². The van der Waals surface area contributed by atoms with E-state index in [9.17, 15) is 4.79 Å². The molecule has 1 aliphatic heterocycles. The number of piperidine rings is 1. The van der Waals surface area contributed by atoms with Crippen molar-refractivity contribution in [2.75, 3.05) is 6.61 Å². The Morgan fingerprint density at radius 1 is 1.05 bits per heavy atom. The standard InChI is InChI=1S/C17H31NO2/c1-6-16(7-2)12-14(11-15(19)20-10-5)13-17(8-3,9-4)18-16/h11,18H,6-10,12-13H2,1-5H3. The number of ether oxygens (including phenoxy) is 1. The number of hydrogen-bond acceptors (Lipinski definition) is 3. The van der Waals surface area contributed by atoms with Crippen molar-refractivity contribution in [3.05, 3.63) is 11.6 Å². The van der Waals surface area contributed by atoms with Gasteiger partial charge in [0, 0.05) is 17.2 Å². The van der Waals surface area contributed by atoms with E-state index in [0.717, 1.165) is 38.5 Å². The number of carbonyl (C=O) groups is 1. The first-order valence-corrected chi connectivity index (χ1v) is 8.14. The van der Waals surface area contributed by atoms with Crippen molar-refractivity contribution >= 4 is 5.97 Å². The van der Waals surface area contributed by atoms with Gasteiger partial charge in [-0.2, -0.15) is 0 Å². The maximum atomic E-state index is 11.8. The normalized spacial score (nSPS) is 20.6. The molecule has 0 bridgehead atoms. The minimum atomic E-state index is -0.188. The molecule has 0 amide bonds. The van der Waals surface area contributed by atoms with Gasteiger partial charge in [-0.05, 0) is 45.4 Å². The first-order valence-electron chi connectivity index (χ1n) is 8.14. The maximum Gasteiger partial charge on any atom is 0.330 e. The fourth-order valence-corrected chi connectivity index (χ4v) is 3.39. The number of rotatable bonds is 6. The fraction of sp³-hybridized carbons (Fsp3) is 0.824. The molecule has 0 aromatic carbocycles. The van der Waals surface area contributed by atoms with E-state index in [4.69, 9.17) is 4.74 Å². The van der Waals surface area contributed by atoms with Gasteiger partial charge in [0.25, 0.3) is 0 Å². The van der Waals surface area contributed by atoms with Crippen LogP contribution in [0, 0.1) is 0 Å². The maximum absolute atomic E-state index is 11.8. The molecule has 1 N–H and O–H groups in total. The molecule has 0 aliphatic carbocycles. The smallest absolute Gasteiger partial charge is 0.330 e. The van der Waals surface area contributed by atoms with Gasteiger partial charge in [-0.15, -0.1) is 0 Å². The molecule has 0 aromatic heterocycles. The Morgan fingerprint density at radius 3 is 1.85 bits per heavy atom. The van der Waals surface area contributed by atoms with Crippen molar-refractivity contribution in [2.45, 2.75) is 84.2 Å². The fourth-order valence-electron chi connectivity index (χ4n) is 3.39. The van der Waals surface area contributed by atoms with E-state index in [0.29, 0.717) is 6.61 Å². The van der Waals surface area contributed by atoms with Crippen LogP contribution in [0.3, 0.4) is 0 Å². The van der Waals surface area contributed by atoms with Crippen molar-refractivity contribution < 1.29 is 9.53 Å². The summed E-state index contributed by atoms with van der Waals surface area (Å²) in [6.45, 7) is 11.2. The summed E-state index contributed by atoms with van der Waals surface area (Å²) in [6, 6.07) is 0. The molecule has 0 unspecified atom stereocenters. The van der Waals surface area contributed by atoms with E-state index in [1.54, 1.807) is 6.08 Å². The predicted octanol–water partition coefficient (Wildman–Crippen LogP) is 3.98. The van der Waals surface area contributed by atoms with E-state index in [2.05, 4.69) is 33.0 Å². The largest absolute Gasteiger partial charge is 0.463 e. The van der Waals surface area contributed by atoms with Crippen LogP contribution >= 0.6 is 0 Å². The average molecular weight is 281 g/mol. The van der Waals surface area contributed by atoms with Crippen LogP contribution in [0.4, 0.5) is 0 Å². The highest BCUT2D eigenvalue weighted by Crippen LogP contribution is 2.39. The molecule has 1 saturated heterocycles. The Hall–Kier alpha value is -0.830. The lowest BCUT2D eigenvalue weighted by Gasteiger charge is -2.50. The molecule has 0 spiro atoms. The van der Waals surface area contributed by atoms with Gasteiger partial charge in [0.15, 0.2) is 0 Å². The van der Waals surface area contributed by atoms with Gasteiger partial charge < -0.3 is 10.1 Å². The Labute approximate surface area is 124 Å². The van der Waals surface area contributed by atoms with Crippen molar-refractivity contribution in [2.24, 2.45) is 0 Å². The van der Waals surface area contributed by atoms with Crippen molar-refractivity contribution in [1.82, 2.24) is 5.32 Å². The molecule has 1 fully saturated rings. The number of carbonyl (C=O) groups excluding carboxylic acids is 1. The Morgan fingerprint density at radius 2 is 1.50 bits per heavy atom.